The summed E-state index contributed by atoms with van der Waals surface area (Å²) in [4.78, 5) is 25.2. The van der Waals surface area contributed by atoms with Crippen LogP contribution in [0.1, 0.15) is 60.8 Å². The van der Waals surface area contributed by atoms with E-state index < -0.39 is 17.1 Å². The van der Waals surface area contributed by atoms with E-state index in [4.69, 9.17) is 4.74 Å². The Kier molecular flexibility index (Phi) is 5.10. The first-order chi connectivity index (χ1) is 11.1. The highest BCUT2D eigenvalue weighted by molar-refractivity contribution is 5.96. The summed E-state index contributed by atoms with van der Waals surface area (Å²) in [5.74, 6) is -0.729. The molecule has 0 radical (unpaired) electrons. The monoisotopic (exact) mass is 334 g/mol. The number of allylic oxidation sites excluding steroid dienone is 2. The highest BCUT2D eigenvalue weighted by Gasteiger charge is 2.62. The normalized spacial score (nSPS) is 37.1. The number of ether oxygens (including phenoxy) is 1. The van der Waals surface area contributed by atoms with E-state index >= 15 is 0 Å². The van der Waals surface area contributed by atoms with Crippen LogP contribution >= 0.6 is 0 Å². The molecular weight excluding hydrogens is 304 g/mol. The van der Waals surface area contributed by atoms with Gasteiger partial charge in [-0.15, -0.1) is 0 Å². The van der Waals surface area contributed by atoms with E-state index in [1.807, 2.05) is 27.7 Å². The van der Waals surface area contributed by atoms with Crippen LogP contribution in [0.15, 0.2) is 23.3 Å². The van der Waals surface area contributed by atoms with E-state index in [-0.39, 0.29) is 23.6 Å². The average molecular weight is 334 g/mol. The molecule has 1 unspecified atom stereocenters. The maximum absolute atomic E-state index is 12.8. The standard InChI is InChI=1S/C20H30O4/c1-7-14(5)18(22)24-15-10-13(4)11-16(21)19(6)8-9-20(23,12(2)3)17(15)19/h7,11-12,15,17,23H,8-10H2,1-6H3/b14-7-/t15-,17+,19+,20?/m0/s1. The molecule has 0 bridgehead atoms. The van der Waals surface area contributed by atoms with Crippen LogP contribution < -0.4 is 0 Å². The molecule has 0 aromatic rings. The van der Waals surface area contributed by atoms with Crippen molar-refractivity contribution in [3.05, 3.63) is 23.3 Å². The molecule has 2 rings (SSSR count). The Morgan fingerprint density at radius 2 is 2.04 bits per heavy atom. The lowest BCUT2D eigenvalue weighted by Crippen LogP contribution is -2.52. The summed E-state index contributed by atoms with van der Waals surface area (Å²) in [6.45, 7) is 11.3. The highest BCUT2D eigenvalue weighted by Crippen LogP contribution is 2.56. The number of hydrogen-bond donors (Lipinski definition) is 1. The fourth-order valence-corrected chi connectivity index (χ4v) is 4.32. The summed E-state index contributed by atoms with van der Waals surface area (Å²) in [6.07, 6.45) is 4.57. The molecule has 1 saturated carbocycles. The number of rotatable bonds is 3. The predicted octanol–water partition coefficient (Wildman–Crippen LogP) is 3.59. The summed E-state index contributed by atoms with van der Waals surface area (Å²) in [5.41, 5.74) is -0.249. The predicted molar refractivity (Wildman–Crippen MR) is 93.3 cm³/mol. The van der Waals surface area contributed by atoms with Crippen molar-refractivity contribution < 1.29 is 19.4 Å². The van der Waals surface area contributed by atoms with Gasteiger partial charge in [0.1, 0.15) is 6.10 Å². The van der Waals surface area contributed by atoms with E-state index in [0.717, 1.165) is 5.57 Å². The molecule has 134 valence electrons. The number of hydrogen-bond acceptors (Lipinski definition) is 4. The Morgan fingerprint density at radius 3 is 2.58 bits per heavy atom. The minimum atomic E-state index is -1.00. The SMILES string of the molecule is C/C=C(/C)C(=O)O[C@H]1CC(C)=CC(=O)[C@@]2(C)CCC(O)(C(C)C)[C@H]12. The topological polar surface area (TPSA) is 63.6 Å². The largest absolute Gasteiger partial charge is 0.458 e. The molecule has 0 aromatic carbocycles. The van der Waals surface area contributed by atoms with Gasteiger partial charge in [-0.1, -0.05) is 32.4 Å². The van der Waals surface area contributed by atoms with Gasteiger partial charge in [0.25, 0.3) is 0 Å². The number of esters is 1. The Labute approximate surface area is 145 Å². The van der Waals surface area contributed by atoms with Crippen LogP contribution in [0.3, 0.4) is 0 Å². The summed E-state index contributed by atoms with van der Waals surface area (Å²) in [6, 6.07) is 0. The lowest BCUT2D eigenvalue weighted by molar-refractivity contribution is -0.164. The minimum Gasteiger partial charge on any atom is -0.458 e. The zero-order valence-corrected chi connectivity index (χ0v) is 15.7. The van der Waals surface area contributed by atoms with Crippen LogP contribution in [0.4, 0.5) is 0 Å². The molecule has 0 aliphatic heterocycles. The van der Waals surface area contributed by atoms with Gasteiger partial charge >= 0.3 is 5.97 Å². The van der Waals surface area contributed by atoms with Crippen molar-refractivity contribution in [2.45, 2.75) is 72.5 Å². The third-order valence-electron chi connectivity index (χ3n) is 6.12. The molecular formula is C20H30O4. The molecule has 4 atom stereocenters. The van der Waals surface area contributed by atoms with E-state index in [1.54, 1.807) is 26.0 Å². The lowest BCUT2D eigenvalue weighted by atomic mass is 9.67. The Balaban J connectivity index is 2.48. The van der Waals surface area contributed by atoms with Gasteiger partial charge in [-0.2, -0.15) is 0 Å². The van der Waals surface area contributed by atoms with E-state index in [1.165, 1.54) is 0 Å². The second-order valence-electron chi connectivity index (χ2n) is 8.02. The zero-order valence-electron chi connectivity index (χ0n) is 15.7. The van der Waals surface area contributed by atoms with E-state index in [0.29, 0.717) is 24.8 Å². The molecule has 2 aliphatic rings. The maximum Gasteiger partial charge on any atom is 0.333 e. The second-order valence-corrected chi connectivity index (χ2v) is 8.02. The fraction of sp³-hybridized carbons (Fsp3) is 0.700. The quantitative estimate of drug-likeness (QED) is 0.633. The van der Waals surface area contributed by atoms with E-state index in [9.17, 15) is 14.7 Å². The summed E-state index contributed by atoms with van der Waals surface area (Å²) in [7, 11) is 0. The van der Waals surface area contributed by atoms with Gasteiger partial charge in [0, 0.05) is 23.3 Å². The van der Waals surface area contributed by atoms with Crippen LogP contribution in [0.25, 0.3) is 0 Å². The fourth-order valence-electron chi connectivity index (χ4n) is 4.32. The molecule has 24 heavy (non-hydrogen) atoms. The van der Waals surface area contributed by atoms with Crippen molar-refractivity contribution in [3.8, 4) is 0 Å². The van der Waals surface area contributed by atoms with Gasteiger partial charge < -0.3 is 9.84 Å². The van der Waals surface area contributed by atoms with Crippen LogP contribution in [-0.4, -0.2) is 28.6 Å². The number of fused-ring (bicyclic) bond motifs is 1. The van der Waals surface area contributed by atoms with Gasteiger partial charge in [0.05, 0.1) is 5.60 Å². The Morgan fingerprint density at radius 1 is 1.42 bits per heavy atom. The molecule has 0 aromatic heterocycles. The van der Waals surface area contributed by atoms with Gasteiger partial charge in [-0.3, -0.25) is 4.79 Å². The summed E-state index contributed by atoms with van der Waals surface area (Å²) in [5, 5.41) is 11.4. The lowest BCUT2D eigenvalue weighted by Gasteiger charge is -2.42. The van der Waals surface area contributed by atoms with Crippen LogP contribution in [0.5, 0.6) is 0 Å². The maximum atomic E-state index is 12.8. The first kappa shape index (κ1) is 18.9. The van der Waals surface area contributed by atoms with Crippen LogP contribution in [0, 0.1) is 17.3 Å². The van der Waals surface area contributed by atoms with Gasteiger partial charge in [0.15, 0.2) is 5.78 Å². The third-order valence-corrected chi connectivity index (χ3v) is 6.12. The molecule has 1 N–H and O–H groups in total. The third kappa shape index (κ3) is 2.97. The summed E-state index contributed by atoms with van der Waals surface area (Å²) < 4.78 is 5.81. The van der Waals surface area contributed by atoms with Crippen LogP contribution in [-0.2, 0) is 14.3 Å². The molecule has 0 spiro atoms. The number of ketones is 1. The molecule has 1 fully saturated rings. The molecule has 0 amide bonds. The zero-order chi connectivity index (χ0) is 18.3. The van der Waals surface area contributed by atoms with Crippen molar-refractivity contribution >= 4 is 11.8 Å². The second kappa shape index (κ2) is 6.47. The van der Waals surface area contributed by atoms with Gasteiger partial charge in [-0.25, -0.2) is 4.79 Å². The first-order valence-corrected chi connectivity index (χ1v) is 8.84. The van der Waals surface area contributed by atoms with Crippen molar-refractivity contribution in [1.82, 2.24) is 0 Å². The Bertz CT molecular complexity index is 601. The molecule has 0 saturated heterocycles. The number of aliphatic hydroxyl groups is 1. The molecule has 4 nitrogen and oxygen atoms in total. The van der Waals surface area contributed by atoms with Crippen molar-refractivity contribution in [2.24, 2.45) is 17.3 Å². The molecule has 4 heteroatoms. The number of carbonyl (C=O) groups is 2. The molecule has 2 aliphatic carbocycles. The van der Waals surface area contributed by atoms with E-state index in [2.05, 4.69) is 0 Å². The smallest absolute Gasteiger partial charge is 0.333 e. The first-order valence-electron chi connectivity index (χ1n) is 8.84. The van der Waals surface area contributed by atoms with Gasteiger partial charge in [0.2, 0.25) is 0 Å². The van der Waals surface area contributed by atoms with Gasteiger partial charge in [-0.05, 0) is 45.6 Å². The van der Waals surface area contributed by atoms with Crippen LogP contribution in [0.2, 0.25) is 0 Å². The van der Waals surface area contributed by atoms with Crippen molar-refractivity contribution in [1.29, 1.82) is 0 Å². The highest BCUT2D eigenvalue weighted by atomic mass is 16.5. The molecule has 0 heterocycles. The average Bonchev–Trinajstić information content (AvgIpc) is 2.74. The summed E-state index contributed by atoms with van der Waals surface area (Å²) >= 11 is 0. The Hall–Kier alpha value is -1.42. The number of carbonyl (C=O) groups excluding carboxylic acids is 2. The minimum absolute atomic E-state index is 0.0143. The van der Waals surface area contributed by atoms with Crippen molar-refractivity contribution in [2.75, 3.05) is 0 Å². The van der Waals surface area contributed by atoms with Crippen molar-refractivity contribution in [3.63, 3.8) is 0 Å².